The summed E-state index contributed by atoms with van der Waals surface area (Å²) in [6.45, 7) is 7.27. The molecule has 1 aromatic heterocycles. The largest absolute Gasteiger partial charge is 0.491 e. The standard InChI is InChI=1S/C26H34N2O3S/c1-18(2)28(26(30)20-9-5-6-10-20)16-25(29)27-14-12-24-21(13-15-32-24)22(27)17-31-23-11-7-4-8-19(23)3/h4,7-8,11,13,15,18,20,22H,5-6,9-10,12,14,16-17H2,1-3H3/t22-/m1/s1. The molecule has 32 heavy (non-hydrogen) atoms. The third-order valence-corrected chi connectivity index (χ3v) is 7.82. The van der Waals surface area contributed by atoms with Gasteiger partial charge >= 0.3 is 0 Å². The van der Waals surface area contributed by atoms with Crippen LogP contribution in [0.2, 0.25) is 0 Å². The fourth-order valence-corrected chi connectivity index (χ4v) is 5.85. The van der Waals surface area contributed by atoms with Crippen molar-refractivity contribution in [2.45, 2.75) is 65.0 Å². The van der Waals surface area contributed by atoms with Crippen molar-refractivity contribution in [3.05, 3.63) is 51.7 Å². The lowest BCUT2D eigenvalue weighted by Crippen LogP contribution is -2.50. The van der Waals surface area contributed by atoms with Crippen LogP contribution in [0.1, 0.15) is 61.6 Å². The van der Waals surface area contributed by atoms with Crippen molar-refractivity contribution >= 4 is 23.2 Å². The monoisotopic (exact) mass is 454 g/mol. The summed E-state index contributed by atoms with van der Waals surface area (Å²) in [4.78, 5) is 31.7. The zero-order valence-corrected chi connectivity index (χ0v) is 20.2. The average molecular weight is 455 g/mol. The van der Waals surface area contributed by atoms with Crippen molar-refractivity contribution in [3.63, 3.8) is 0 Å². The van der Waals surface area contributed by atoms with Crippen molar-refractivity contribution < 1.29 is 14.3 Å². The van der Waals surface area contributed by atoms with Gasteiger partial charge in [0.2, 0.25) is 11.8 Å². The first-order chi connectivity index (χ1) is 15.5. The molecule has 6 heteroatoms. The molecule has 1 saturated carbocycles. The molecule has 2 heterocycles. The summed E-state index contributed by atoms with van der Waals surface area (Å²) in [5.41, 5.74) is 2.27. The number of aryl methyl sites for hydroxylation is 1. The summed E-state index contributed by atoms with van der Waals surface area (Å²) in [5, 5.41) is 2.10. The number of benzene rings is 1. The topological polar surface area (TPSA) is 49.9 Å². The molecular weight excluding hydrogens is 420 g/mol. The Morgan fingerprint density at radius 1 is 1.19 bits per heavy atom. The van der Waals surface area contributed by atoms with E-state index >= 15 is 0 Å². The normalized spacial score (nSPS) is 18.6. The fourth-order valence-electron chi connectivity index (χ4n) is 4.92. The minimum atomic E-state index is -0.132. The first-order valence-electron chi connectivity index (χ1n) is 11.8. The van der Waals surface area contributed by atoms with Crippen LogP contribution in [0.5, 0.6) is 5.75 Å². The van der Waals surface area contributed by atoms with Crippen LogP contribution in [0.15, 0.2) is 35.7 Å². The van der Waals surface area contributed by atoms with E-state index < -0.39 is 0 Å². The molecule has 172 valence electrons. The van der Waals surface area contributed by atoms with Crippen LogP contribution in [-0.4, -0.2) is 47.4 Å². The number of hydrogen-bond acceptors (Lipinski definition) is 4. The van der Waals surface area contributed by atoms with E-state index in [2.05, 4.69) is 11.4 Å². The van der Waals surface area contributed by atoms with Gasteiger partial charge in [-0.15, -0.1) is 11.3 Å². The number of ether oxygens (including phenoxy) is 1. The van der Waals surface area contributed by atoms with Gasteiger partial charge in [-0.3, -0.25) is 9.59 Å². The van der Waals surface area contributed by atoms with Crippen LogP contribution >= 0.6 is 11.3 Å². The third-order valence-electron chi connectivity index (χ3n) is 6.82. The second-order valence-electron chi connectivity index (χ2n) is 9.27. The van der Waals surface area contributed by atoms with Crippen LogP contribution in [0, 0.1) is 12.8 Å². The molecule has 4 rings (SSSR count). The number of rotatable bonds is 7. The van der Waals surface area contributed by atoms with Gasteiger partial charge in [-0.2, -0.15) is 0 Å². The Hall–Kier alpha value is -2.34. The van der Waals surface area contributed by atoms with E-state index in [0.717, 1.165) is 43.4 Å². The maximum absolute atomic E-state index is 13.5. The van der Waals surface area contributed by atoms with Gasteiger partial charge in [0.1, 0.15) is 18.9 Å². The molecule has 0 N–H and O–H groups in total. The van der Waals surface area contributed by atoms with Gasteiger partial charge < -0.3 is 14.5 Å². The predicted octanol–water partition coefficient (Wildman–Crippen LogP) is 4.99. The van der Waals surface area contributed by atoms with Crippen molar-refractivity contribution in [2.24, 2.45) is 5.92 Å². The average Bonchev–Trinajstić information content (AvgIpc) is 3.48. The predicted molar refractivity (Wildman–Crippen MR) is 128 cm³/mol. The van der Waals surface area contributed by atoms with Gasteiger partial charge in [0.05, 0.1) is 6.04 Å². The Morgan fingerprint density at radius 3 is 2.66 bits per heavy atom. The molecule has 0 spiro atoms. The third kappa shape index (κ3) is 4.85. The van der Waals surface area contributed by atoms with Gasteiger partial charge in [0, 0.05) is 23.4 Å². The lowest BCUT2D eigenvalue weighted by Gasteiger charge is -2.38. The molecule has 1 aliphatic heterocycles. The van der Waals surface area contributed by atoms with Crippen LogP contribution in [0.25, 0.3) is 0 Å². The molecule has 2 aromatic rings. The Labute approximate surface area is 195 Å². The van der Waals surface area contributed by atoms with Gasteiger partial charge in [-0.25, -0.2) is 0 Å². The Morgan fingerprint density at radius 2 is 1.94 bits per heavy atom. The number of fused-ring (bicyclic) bond motifs is 1. The van der Waals surface area contributed by atoms with Crippen LogP contribution < -0.4 is 4.74 Å². The maximum Gasteiger partial charge on any atom is 0.242 e. The lowest BCUT2D eigenvalue weighted by atomic mass is 10.00. The molecule has 1 aromatic carbocycles. The quantitative estimate of drug-likeness (QED) is 0.592. The SMILES string of the molecule is Cc1ccccc1OC[C@@H]1c2ccsc2CCN1C(=O)CN(C(=O)C1CCCC1)C(C)C. The minimum absolute atomic E-state index is 0.00946. The summed E-state index contributed by atoms with van der Waals surface area (Å²) in [5.74, 6) is 1.09. The van der Waals surface area contributed by atoms with Crippen LogP contribution in [-0.2, 0) is 16.0 Å². The Balaban J connectivity index is 1.51. The van der Waals surface area contributed by atoms with Gasteiger partial charge in [-0.1, -0.05) is 31.0 Å². The van der Waals surface area contributed by atoms with Crippen molar-refractivity contribution in [3.8, 4) is 5.75 Å². The van der Waals surface area contributed by atoms with Gasteiger partial charge in [0.15, 0.2) is 0 Å². The molecule has 1 aliphatic carbocycles. The van der Waals surface area contributed by atoms with E-state index in [-0.39, 0.29) is 36.4 Å². The van der Waals surface area contributed by atoms with Crippen LogP contribution in [0.3, 0.4) is 0 Å². The van der Waals surface area contributed by atoms with E-state index in [0.29, 0.717) is 13.2 Å². The van der Waals surface area contributed by atoms with Crippen molar-refractivity contribution in [1.29, 1.82) is 0 Å². The molecular formula is C26H34N2O3S. The highest BCUT2D eigenvalue weighted by atomic mass is 32.1. The molecule has 0 radical (unpaired) electrons. The molecule has 2 aliphatic rings. The summed E-state index contributed by atoms with van der Waals surface area (Å²) in [7, 11) is 0. The first kappa shape index (κ1) is 22.8. The van der Waals surface area contributed by atoms with Gasteiger partial charge in [0.25, 0.3) is 0 Å². The van der Waals surface area contributed by atoms with E-state index in [9.17, 15) is 9.59 Å². The molecule has 2 amide bonds. The highest BCUT2D eigenvalue weighted by Gasteiger charge is 2.35. The number of amides is 2. The molecule has 1 atom stereocenters. The smallest absolute Gasteiger partial charge is 0.242 e. The Bertz CT molecular complexity index is 948. The minimum Gasteiger partial charge on any atom is -0.491 e. The summed E-state index contributed by atoms with van der Waals surface area (Å²) in [6, 6.07) is 9.97. The number of para-hydroxylation sites is 1. The fraction of sp³-hybridized carbons (Fsp3) is 0.538. The molecule has 0 unspecified atom stereocenters. The highest BCUT2D eigenvalue weighted by Crippen LogP contribution is 2.34. The maximum atomic E-state index is 13.5. The zero-order valence-electron chi connectivity index (χ0n) is 19.4. The van der Waals surface area contributed by atoms with Crippen molar-refractivity contribution in [1.82, 2.24) is 9.80 Å². The highest BCUT2D eigenvalue weighted by molar-refractivity contribution is 7.10. The van der Waals surface area contributed by atoms with E-state index in [1.54, 1.807) is 16.2 Å². The summed E-state index contributed by atoms with van der Waals surface area (Å²) >= 11 is 1.75. The van der Waals surface area contributed by atoms with E-state index in [1.165, 1.54) is 10.4 Å². The number of carbonyl (C=O) groups excluding carboxylic acids is 2. The number of carbonyl (C=O) groups is 2. The molecule has 1 fully saturated rings. The van der Waals surface area contributed by atoms with Gasteiger partial charge in [-0.05, 0) is 68.7 Å². The number of nitrogens with zero attached hydrogens (tertiary/aromatic N) is 2. The van der Waals surface area contributed by atoms with E-state index in [1.807, 2.05) is 49.9 Å². The summed E-state index contributed by atoms with van der Waals surface area (Å²) in [6.07, 6.45) is 4.98. The van der Waals surface area contributed by atoms with E-state index in [4.69, 9.17) is 4.74 Å². The summed E-state index contributed by atoms with van der Waals surface area (Å²) < 4.78 is 6.19. The van der Waals surface area contributed by atoms with Crippen molar-refractivity contribution in [2.75, 3.05) is 19.7 Å². The number of thiophene rings is 1. The molecule has 5 nitrogen and oxygen atoms in total. The number of hydrogen-bond donors (Lipinski definition) is 0. The Kier molecular flexibility index (Phi) is 7.19. The lowest BCUT2D eigenvalue weighted by molar-refractivity contribution is -0.146. The second kappa shape index (κ2) is 10.1. The van der Waals surface area contributed by atoms with Crippen LogP contribution in [0.4, 0.5) is 0 Å². The molecule has 0 saturated heterocycles. The second-order valence-corrected chi connectivity index (χ2v) is 10.3. The zero-order chi connectivity index (χ0) is 22.7. The molecule has 0 bridgehead atoms. The first-order valence-corrected chi connectivity index (χ1v) is 12.7.